The van der Waals surface area contributed by atoms with Gasteiger partial charge in [-0.1, -0.05) is 13.8 Å². The predicted molar refractivity (Wildman–Crippen MR) is 69.9 cm³/mol. The molecule has 2 heterocycles. The molecule has 2 rings (SSSR count). The standard InChI is InChI=1S/C12H18N6/c1-3-11-15-12(4-2)18(17-11)8-10-7-9(16-13)5-6-14-10/h5-7H,3-4,8,13H2,1-2H3,(H,14,16). The van der Waals surface area contributed by atoms with Crippen LogP contribution >= 0.6 is 0 Å². The van der Waals surface area contributed by atoms with Crippen molar-refractivity contribution in [3.05, 3.63) is 35.7 Å². The first kappa shape index (κ1) is 12.5. The van der Waals surface area contributed by atoms with Gasteiger partial charge >= 0.3 is 0 Å². The van der Waals surface area contributed by atoms with E-state index in [1.54, 1.807) is 6.20 Å². The van der Waals surface area contributed by atoms with Gasteiger partial charge in [-0.15, -0.1) is 0 Å². The van der Waals surface area contributed by atoms with Crippen molar-refractivity contribution >= 4 is 5.69 Å². The van der Waals surface area contributed by atoms with Gasteiger partial charge in [-0.25, -0.2) is 9.67 Å². The van der Waals surface area contributed by atoms with E-state index in [-0.39, 0.29) is 0 Å². The van der Waals surface area contributed by atoms with Gasteiger partial charge in [0.15, 0.2) is 5.82 Å². The molecule has 6 heteroatoms. The van der Waals surface area contributed by atoms with Gasteiger partial charge in [0.25, 0.3) is 0 Å². The molecule has 0 unspecified atom stereocenters. The maximum atomic E-state index is 5.38. The first-order valence-electron chi connectivity index (χ1n) is 6.11. The molecular formula is C12H18N6. The molecule has 0 atom stereocenters. The third-order valence-electron chi connectivity index (χ3n) is 2.72. The van der Waals surface area contributed by atoms with Crippen LogP contribution in [-0.2, 0) is 19.4 Å². The molecule has 0 aliphatic carbocycles. The van der Waals surface area contributed by atoms with E-state index in [0.29, 0.717) is 6.54 Å². The highest BCUT2D eigenvalue weighted by molar-refractivity contribution is 5.41. The van der Waals surface area contributed by atoms with Crippen molar-refractivity contribution < 1.29 is 0 Å². The Morgan fingerprint density at radius 1 is 1.33 bits per heavy atom. The molecule has 0 saturated carbocycles. The summed E-state index contributed by atoms with van der Waals surface area (Å²) in [6, 6.07) is 3.73. The smallest absolute Gasteiger partial charge is 0.150 e. The van der Waals surface area contributed by atoms with E-state index in [1.807, 2.05) is 16.8 Å². The summed E-state index contributed by atoms with van der Waals surface area (Å²) in [6.07, 6.45) is 3.44. The molecule has 0 saturated heterocycles. The minimum Gasteiger partial charge on any atom is -0.324 e. The number of hydrogen-bond donors (Lipinski definition) is 2. The van der Waals surface area contributed by atoms with Crippen LogP contribution in [0.25, 0.3) is 0 Å². The zero-order valence-corrected chi connectivity index (χ0v) is 10.7. The Kier molecular flexibility index (Phi) is 3.88. The number of rotatable bonds is 5. The number of anilines is 1. The first-order chi connectivity index (χ1) is 8.76. The van der Waals surface area contributed by atoms with Crippen molar-refractivity contribution in [3.63, 3.8) is 0 Å². The summed E-state index contributed by atoms with van der Waals surface area (Å²) in [5, 5.41) is 4.46. The summed E-state index contributed by atoms with van der Waals surface area (Å²) in [4.78, 5) is 8.78. The van der Waals surface area contributed by atoms with Gasteiger partial charge in [0, 0.05) is 19.0 Å². The number of hydrazine groups is 1. The molecule has 2 aromatic heterocycles. The van der Waals surface area contributed by atoms with Gasteiger partial charge in [-0.05, 0) is 12.1 Å². The molecule has 0 spiro atoms. The zero-order valence-electron chi connectivity index (χ0n) is 10.7. The monoisotopic (exact) mass is 246 g/mol. The third kappa shape index (κ3) is 2.65. The minimum absolute atomic E-state index is 0.617. The van der Waals surface area contributed by atoms with Gasteiger partial charge < -0.3 is 5.43 Å². The molecule has 0 fully saturated rings. The largest absolute Gasteiger partial charge is 0.324 e. The summed E-state index contributed by atoms with van der Waals surface area (Å²) >= 11 is 0. The molecule has 0 aliphatic heterocycles. The minimum atomic E-state index is 0.617. The van der Waals surface area contributed by atoms with E-state index < -0.39 is 0 Å². The van der Waals surface area contributed by atoms with Gasteiger partial charge in [0.1, 0.15) is 5.82 Å². The van der Waals surface area contributed by atoms with Crippen molar-refractivity contribution in [2.45, 2.75) is 33.2 Å². The number of nitrogens with zero attached hydrogens (tertiary/aromatic N) is 4. The number of nitrogens with one attached hydrogen (secondary N) is 1. The number of hydrogen-bond acceptors (Lipinski definition) is 5. The second kappa shape index (κ2) is 5.59. The molecule has 96 valence electrons. The van der Waals surface area contributed by atoms with E-state index in [9.17, 15) is 0 Å². The molecule has 0 amide bonds. The molecule has 6 nitrogen and oxygen atoms in total. The van der Waals surface area contributed by atoms with Gasteiger partial charge in [-0.3, -0.25) is 10.8 Å². The van der Waals surface area contributed by atoms with Crippen LogP contribution in [0.2, 0.25) is 0 Å². The Hall–Kier alpha value is -1.95. The van der Waals surface area contributed by atoms with Crippen LogP contribution < -0.4 is 11.3 Å². The van der Waals surface area contributed by atoms with Crippen molar-refractivity contribution in [3.8, 4) is 0 Å². The SMILES string of the molecule is CCc1nc(CC)n(Cc2cc(NN)ccn2)n1. The quantitative estimate of drug-likeness (QED) is 0.610. The molecule has 0 bridgehead atoms. The second-order valence-corrected chi connectivity index (χ2v) is 3.99. The lowest BCUT2D eigenvalue weighted by Crippen LogP contribution is -2.10. The van der Waals surface area contributed by atoms with Crippen molar-refractivity contribution in [2.24, 2.45) is 5.84 Å². The Bertz CT molecular complexity index is 519. The molecule has 18 heavy (non-hydrogen) atoms. The molecule has 0 aliphatic rings. The zero-order chi connectivity index (χ0) is 13.0. The molecule has 2 aromatic rings. The average Bonchev–Trinajstić information content (AvgIpc) is 2.81. The molecule has 3 N–H and O–H groups in total. The third-order valence-corrected chi connectivity index (χ3v) is 2.72. The number of aryl methyl sites for hydroxylation is 2. The van der Waals surface area contributed by atoms with Crippen LogP contribution in [-0.4, -0.2) is 19.7 Å². The lowest BCUT2D eigenvalue weighted by molar-refractivity contribution is 0.627. The van der Waals surface area contributed by atoms with E-state index in [4.69, 9.17) is 5.84 Å². The second-order valence-electron chi connectivity index (χ2n) is 3.99. The van der Waals surface area contributed by atoms with Crippen LogP contribution in [0.3, 0.4) is 0 Å². The lowest BCUT2D eigenvalue weighted by Gasteiger charge is -2.05. The maximum absolute atomic E-state index is 5.38. The highest BCUT2D eigenvalue weighted by atomic mass is 15.3. The van der Waals surface area contributed by atoms with E-state index in [1.165, 1.54) is 0 Å². The fraction of sp³-hybridized carbons (Fsp3) is 0.417. The van der Waals surface area contributed by atoms with Gasteiger partial charge in [-0.2, -0.15) is 5.10 Å². The molecule has 0 radical (unpaired) electrons. The first-order valence-corrected chi connectivity index (χ1v) is 6.11. The van der Waals surface area contributed by atoms with E-state index in [0.717, 1.165) is 35.9 Å². The fourth-order valence-electron chi connectivity index (χ4n) is 1.77. The number of pyridine rings is 1. The average molecular weight is 246 g/mol. The van der Waals surface area contributed by atoms with Crippen molar-refractivity contribution in [1.82, 2.24) is 19.7 Å². The predicted octanol–water partition coefficient (Wildman–Crippen LogP) is 1.13. The van der Waals surface area contributed by atoms with Crippen LogP contribution in [0, 0.1) is 0 Å². The summed E-state index contributed by atoms with van der Waals surface area (Å²) < 4.78 is 1.90. The van der Waals surface area contributed by atoms with E-state index >= 15 is 0 Å². The fourth-order valence-corrected chi connectivity index (χ4v) is 1.77. The maximum Gasteiger partial charge on any atom is 0.150 e. The Balaban J connectivity index is 2.24. The number of aromatic nitrogens is 4. The number of nitrogens with two attached hydrogens (primary N) is 1. The van der Waals surface area contributed by atoms with Crippen LogP contribution in [0.4, 0.5) is 5.69 Å². The van der Waals surface area contributed by atoms with Gasteiger partial charge in [0.05, 0.1) is 17.9 Å². The summed E-state index contributed by atoms with van der Waals surface area (Å²) in [6.45, 7) is 4.74. The Morgan fingerprint density at radius 3 is 2.83 bits per heavy atom. The molecule has 0 aromatic carbocycles. The van der Waals surface area contributed by atoms with E-state index in [2.05, 4.69) is 34.3 Å². The Labute approximate surface area is 106 Å². The van der Waals surface area contributed by atoms with Gasteiger partial charge in [0.2, 0.25) is 0 Å². The summed E-state index contributed by atoms with van der Waals surface area (Å²) in [5.74, 6) is 7.24. The highest BCUT2D eigenvalue weighted by Crippen LogP contribution is 2.09. The Morgan fingerprint density at radius 2 is 2.17 bits per heavy atom. The highest BCUT2D eigenvalue weighted by Gasteiger charge is 2.08. The van der Waals surface area contributed by atoms with Crippen LogP contribution in [0.5, 0.6) is 0 Å². The van der Waals surface area contributed by atoms with Crippen LogP contribution in [0.15, 0.2) is 18.3 Å². The van der Waals surface area contributed by atoms with Crippen molar-refractivity contribution in [1.29, 1.82) is 0 Å². The topological polar surface area (TPSA) is 81.7 Å². The normalized spacial score (nSPS) is 10.6. The number of nitrogen functional groups attached to an aromatic ring is 1. The summed E-state index contributed by atoms with van der Waals surface area (Å²) in [5.41, 5.74) is 4.36. The summed E-state index contributed by atoms with van der Waals surface area (Å²) in [7, 11) is 0. The molecular weight excluding hydrogens is 228 g/mol. The van der Waals surface area contributed by atoms with Crippen LogP contribution in [0.1, 0.15) is 31.2 Å². The lowest BCUT2D eigenvalue weighted by atomic mass is 10.3. The van der Waals surface area contributed by atoms with Crippen molar-refractivity contribution in [2.75, 3.05) is 5.43 Å².